The van der Waals surface area contributed by atoms with E-state index < -0.39 is 11.5 Å². The smallest absolute Gasteiger partial charge is 0.249 e. The van der Waals surface area contributed by atoms with Crippen molar-refractivity contribution < 1.29 is 9.90 Å². The molecule has 3 N–H and O–H groups in total. The number of carbonyl (C=O) groups is 1. The highest BCUT2D eigenvalue weighted by Crippen LogP contribution is 2.41. The third-order valence-electron chi connectivity index (χ3n) is 3.50. The highest BCUT2D eigenvalue weighted by Gasteiger charge is 2.40. The monoisotopic (exact) mass is 199 g/mol. The Labute approximate surface area is 85.7 Å². The zero-order valence-corrected chi connectivity index (χ0v) is 9.34. The van der Waals surface area contributed by atoms with E-state index in [1.807, 2.05) is 0 Å². The first-order valence-electron chi connectivity index (χ1n) is 5.28. The van der Waals surface area contributed by atoms with Crippen LogP contribution in [-0.2, 0) is 4.79 Å². The summed E-state index contributed by atoms with van der Waals surface area (Å²) in [7, 11) is 0. The molecule has 0 heterocycles. The van der Waals surface area contributed by atoms with Crippen molar-refractivity contribution in [3.05, 3.63) is 0 Å². The maximum absolute atomic E-state index is 11.0. The fourth-order valence-corrected chi connectivity index (χ4v) is 2.21. The average Bonchev–Trinajstić information content (AvgIpc) is 2.03. The van der Waals surface area contributed by atoms with Gasteiger partial charge in [-0.3, -0.25) is 4.79 Å². The van der Waals surface area contributed by atoms with Gasteiger partial charge in [-0.05, 0) is 37.0 Å². The van der Waals surface area contributed by atoms with Gasteiger partial charge in [-0.15, -0.1) is 0 Å². The topological polar surface area (TPSA) is 63.3 Å². The number of rotatable bonds is 1. The molecule has 82 valence electrons. The normalized spacial score (nSPS) is 34.1. The summed E-state index contributed by atoms with van der Waals surface area (Å²) in [4.78, 5) is 11.0. The predicted octanol–water partition coefficient (Wildman–Crippen LogP) is 1.44. The molecule has 3 heteroatoms. The van der Waals surface area contributed by atoms with Gasteiger partial charge in [0.2, 0.25) is 5.91 Å². The number of nitrogens with two attached hydrogens (primary N) is 1. The zero-order valence-electron chi connectivity index (χ0n) is 9.34. The Morgan fingerprint density at radius 1 is 1.36 bits per heavy atom. The van der Waals surface area contributed by atoms with E-state index in [0.717, 1.165) is 12.8 Å². The standard InChI is InChI=1S/C11H21NO2/c1-10(2,3)8-4-6-11(14,7-5-8)9(12)13/h8,14H,4-7H2,1-3H3,(H2,12,13). The minimum absolute atomic E-state index is 0.263. The summed E-state index contributed by atoms with van der Waals surface area (Å²) < 4.78 is 0. The van der Waals surface area contributed by atoms with Gasteiger partial charge < -0.3 is 10.8 Å². The molecule has 1 amide bonds. The number of carbonyl (C=O) groups excluding carboxylic acids is 1. The fraction of sp³-hybridized carbons (Fsp3) is 0.909. The second-order valence-electron chi connectivity index (χ2n) is 5.54. The number of primary amides is 1. The molecule has 1 aliphatic carbocycles. The zero-order chi connectivity index (χ0) is 11.0. The van der Waals surface area contributed by atoms with Gasteiger partial charge in [0, 0.05) is 0 Å². The SMILES string of the molecule is CC(C)(C)C1CCC(O)(C(N)=O)CC1. The molecule has 0 radical (unpaired) electrons. The Bertz CT molecular complexity index is 222. The Hall–Kier alpha value is -0.570. The maximum Gasteiger partial charge on any atom is 0.249 e. The lowest BCUT2D eigenvalue weighted by Crippen LogP contribution is -2.47. The van der Waals surface area contributed by atoms with Crippen molar-refractivity contribution >= 4 is 5.91 Å². The van der Waals surface area contributed by atoms with E-state index in [-0.39, 0.29) is 5.41 Å². The van der Waals surface area contributed by atoms with Crippen LogP contribution < -0.4 is 5.73 Å². The van der Waals surface area contributed by atoms with Gasteiger partial charge in [-0.2, -0.15) is 0 Å². The fourth-order valence-electron chi connectivity index (χ4n) is 2.21. The van der Waals surface area contributed by atoms with Gasteiger partial charge in [0.15, 0.2) is 0 Å². The molecule has 14 heavy (non-hydrogen) atoms. The molecule has 0 unspecified atom stereocenters. The molecule has 0 spiro atoms. The summed E-state index contributed by atoms with van der Waals surface area (Å²) in [6.07, 6.45) is 2.82. The van der Waals surface area contributed by atoms with E-state index in [0.29, 0.717) is 18.8 Å². The molecule has 1 saturated carbocycles. The van der Waals surface area contributed by atoms with E-state index in [4.69, 9.17) is 5.73 Å². The van der Waals surface area contributed by atoms with Crippen molar-refractivity contribution in [2.24, 2.45) is 17.1 Å². The lowest BCUT2D eigenvalue weighted by molar-refractivity contribution is -0.141. The van der Waals surface area contributed by atoms with Crippen molar-refractivity contribution in [3.63, 3.8) is 0 Å². The van der Waals surface area contributed by atoms with E-state index in [9.17, 15) is 9.90 Å². The third kappa shape index (κ3) is 2.27. The molecule has 0 aliphatic heterocycles. The molecule has 0 aromatic carbocycles. The highest BCUT2D eigenvalue weighted by atomic mass is 16.3. The minimum atomic E-state index is -1.23. The Morgan fingerprint density at radius 3 is 2.07 bits per heavy atom. The summed E-state index contributed by atoms with van der Waals surface area (Å²) in [5, 5.41) is 9.86. The van der Waals surface area contributed by atoms with E-state index >= 15 is 0 Å². The number of amides is 1. The summed E-state index contributed by atoms with van der Waals surface area (Å²) >= 11 is 0. The second kappa shape index (κ2) is 3.54. The van der Waals surface area contributed by atoms with Crippen LogP contribution in [-0.4, -0.2) is 16.6 Å². The van der Waals surface area contributed by atoms with Gasteiger partial charge in [-0.25, -0.2) is 0 Å². The molecule has 3 nitrogen and oxygen atoms in total. The molecule has 0 bridgehead atoms. The van der Waals surface area contributed by atoms with Gasteiger partial charge in [0.05, 0.1) is 0 Å². The van der Waals surface area contributed by atoms with E-state index in [1.165, 1.54) is 0 Å². The molecule has 0 aromatic rings. The average molecular weight is 199 g/mol. The lowest BCUT2D eigenvalue weighted by Gasteiger charge is -2.39. The van der Waals surface area contributed by atoms with Crippen LogP contribution in [0.1, 0.15) is 46.5 Å². The summed E-state index contributed by atoms with van der Waals surface area (Å²) in [5.74, 6) is 0.0204. The van der Waals surface area contributed by atoms with Crippen LogP contribution in [0.2, 0.25) is 0 Å². The molecule has 0 atom stereocenters. The summed E-state index contributed by atoms with van der Waals surface area (Å²) in [6, 6.07) is 0. The number of hydrogen-bond acceptors (Lipinski definition) is 2. The van der Waals surface area contributed by atoms with Crippen LogP contribution in [0.4, 0.5) is 0 Å². The molecular formula is C11H21NO2. The Kier molecular flexibility index (Phi) is 2.91. The van der Waals surface area contributed by atoms with Gasteiger partial charge in [-0.1, -0.05) is 20.8 Å². The van der Waals surface area contributed by atoms with Gasteiger partial charge in [0.1, 0.15) is 5.60 Å². The van der Waals surface area contributed by atoms with Gasteiger partial charge in [0.25, 0.3) is 0 Å². The lowest BCUT2D eigenvalue weighted by atomic mass is 9.68. The van der Waals surface area contributed by atoms with Crippen LogP contribution >= 0.6 is 0 Å². The van der Waals surface area contributed by atoms with Crippen molar-refractivity contribution in [1.29, 1.82) is 0 Å². The van der Waals surface area contributed by atoms with E-state index in [2.05, 4.69) is 20.8 Å². The molecule has 1 fully saturated rings. The van der Waals surface area contributed by atoms with Crippen LogP contribution in [0, 0.1) is 11.3 Å². The maximum atomic E-state index is 11.0. The first kappa shape index (κ1) is 11.5. The number of aliphatic hydroxyl groups is 1. The predicted molar refractivity (Wildman–Crippen MR) is 55.6 cm³/mol. The minimum Gasteiger partial charge on any atom is -0.380 e. The summed E-state index contributed by atoms with van der Waals surface area (Å²) in [5.41, 5.74) is 4.20. The molecule has 1 aliphatic rings. The first-order valence-corrected chi connectivity index (χ1v) is 5.28. The van der Waals surface area contributed by atoms with Crippen molar-refractivity contribution in [1.82, 2.24) is 0 Å². The van der Waals surface area contributed by atoms with Crippen LogP contribution in [0.3, 0.4) is 0 Å². The second-order valence-corrected chi connectivity index (χ2v) is 5.54. The van der Waals surface area contributed by atoms with Crippen molar-refractivity contribution in [2.75, 3.05) is 0 Å². The first-order chi connectivity index (χ1) is 6.26. The largest absolute Gasteiger partial charge is 0.380 e. The van der Waals surface area contributed by atoms with Crippen molar-refractivity contribution in [3.8, 4) is 0 Å². The van der Waals surface area contributed by atoms with Gasteiger partial charge >= 0.3 is 0 Å². The molecule has 1 rings (SSSR count). The molecule has 0 saturated heterocycles. The van der Waals surface area contributed by atoms with E-state index in [1.54, 1.807) is 0 Å². The quantitative estimate of drug-likeness (QED) is 0.671. The van der Waals surface area contributed by atoms with Crippen LogP contribution in [0.15, 0.2) is 0 Å². The van der Waals surface area contributed by atoms with Crippen LogP contribution in [0.5, 0.6) is 0 Å². The Balaban J connectivity index is 2.59. The molecular weight excluding hydrogens is 178 g/mol. The number of hydrogen-bond donors (Lipinski definition) is 2. The Morgan fingerprint density at radius 2 is 1.79 bits per heavy atom. The van der Waals surface area contributed by atoms with Crippen LogP contribution in [0.25, 0.3) is 0 Å². The highest BCUT2D eigenvalue weighted by molar-refractivity contribution is 5.83. The third-order valence-corrected chi connectivity index (χ3v) is 3.50. The molecule has 0 aromatic heterocycles. The summed E-state index contributed by atoms with van der Waals surface area (Å²) in [6.45, 7) is 6.60. The van der Waals surface area contributed by atoms with Crippen molar-refractivity contribution in [2.45, 2.75) is 52.1 Å².